The quantitative estimate of drug-likeness (QED) is 0.0356. The van der Waals surface area contributed by atoms with E-state index in [4.69, 9.17) is 0 Å². The first-order valence-corrected chi connectivity index (χ1v) is 51.9. The zero-order chi connectivity index (χ0) is 89.4. The van der Waals surface area contributed by atoms with Gasteiger partial charge in [0.25, 0.3) is 0 Å². The molecule has 0 unspecified atom stereocenters. The Kier molecular flexibility index (Phi) is 29.8. The third-order valence-electron chi connectivity index (χ3n) is 31.5. The fraction of sp³-hybridized carbons (Fsp3) is 0.416. The van der Waals surface area contributed by atoms with Crippen molar-refractivity contribution in [3.63, 3.8) is 0 Å². The van der Waals surface area contributed by atoms with E-state index >= 15 is 4.79 Å². The van der Waals surface area contributed by atoms with Gasteiger partial charge in [-0.1, -0.05) is 358 Å². The highest BCUT2D eigenvalue weighted by atomic mass is 16.1. The molecule has 0 fully saturated rings. The molecule has 0 amide bonds. The number of nitrogens with zero attached hydrogens (tertiary/aromatic N) is 4. The van der Waals surface area contributed by atoms with Crippen LogP contribution in [0, 0.1) is 0 Å². The molecule has 0 saturated carbocycles. The minimum absolute atomic E-state index is 0.135. The summed E-state index contributed by atoms with van der Waals surface area (Å²) in [7, 11) is 0. The lowest BCUT2D eigenvalue weighted by Gasteiger charge is -2.34. The Balaban J connectivity index is 0.984. The van der Waals surface area contributed by atoms with E-state index in [9.17, 15) is 0 Å². The second kappa shape index (κ2) is 42.4. The molecular weight excluding hydrogens is 1570 g/mol. The molecule has 0 saturated heterocycles. The number of rotatable bonds is 48. The number of benzene rings is 8. The van der Waals surface area contributed by atoms with E-state index in [-0.39, 0.29) is 27.4 Å². The van der Waals surface area contributed by atoms with E-state index in [2.05, 4.69) is 269 Å². The van der Waals surface area contributed by atoms with Gasteiger partial charge in [0, 0.05) is 93.5 Å². The molecule has 0 bridgehead atoms. The van der Waals surface area contributed by atoms with Crippen LogP contribution in [-0.2, 0) is 26.5 Å². The molecule has 5 heteroatoms. The summed E-state index contributed by atoms with van der Waals surface area (Å²) in [6, 6.07) is 78.1. The highest BCUT2D eigenvalue weighted by molar-refractivity contribution is 6.59. The van der Waals surface area contributed by atoms with E-state index in [1.54, 1.807) is 0 Å². The first-order chi connectivity index (χ1) is 64.0. The molecular formula is C125H144N4O. The Bertz CT molecular complexity index is 5550. The zero-order valence-corrected chi connectivity index (χ0v) is 80.1. The van der Waals surface area contributed by atoms with Crippen LogP contribution in [0.1, 0.15) is 379 Å². The van der Waals surface area contributed by atoms with Gasteiger partial charge in [-0.05, 0) is 304 Å². The number of unbranched alkanes of at least 4 members (excludes halogenated alkanes) is 24. The number of carbonyl (C=O) groups excluding carboxylic acids is 1. The minimum atomic E-state index is -0.302. The molecule has 12 aromatic rings. The van der Waals surface area contributed by atoms with Gasteiger partial charge in [-0.25, -0.2) is 0 Å². The number of allylic oxidation sites excluding steroid dienone is 4. The van der Waals surface area contributed by atoms with E-state index in [0.29, 0.717) is 0 Å². The van der Waals surface area contributed by atoms with Crippen molar-refractivity contribution in [2.45, 2.75) is 334 Å². The maximum atomic E-state index is 18.9. The number of carbonyl (C=O) groups is 1. The lowest BCUT2D eigenvalue weighted by molar-refractivity contribution is -0.108. The van der Waals surface area contributed by atoms with Crippen molar-refractivity contribution in [1.29, 1.82) is 0 Å². The van der Waals surface area contributed by atoms with Gasteiger partial charge in [0.05, 0.1) is 0 Å². The maximum Gasteiger partial charge on any atom is 0.195 e. The largest absolute Gasteiger partial charge is 0.289 e. The molecule has 0 radical (unpaired) electrons. The lowest BCUT2D eigenvalue weighted by atomic mass is 9.69. The van der Waals surface area contributed by atoms with Crippen molar-refractivity contribution in [2.24, 2.45) is 0 Å². The molecule has 5 nitrogen and oxygen atoms in total. The van der Waals surface area contributed by atoms with E-state index in [1.165, 1.54) is 288 Å². The summed E-state index contributed by atoms with van der Waals surface area (Å²) in [4.78, 5) is 37.1. The molecule has 4 heterocycles. The molecule has 8 aromatic carbocycles. The average molecular weight is 1720 g/mol. The van der Waals surface area contributed by atoms with Crippen molar-refractivity contribution >= 4 is 28.1 Å². The van der Waals surface area contributed by atoms with Crippen LogP contribution in [0.5, 0.6) is 0 Å². The van der Waals surface area contributed by atoms with Crippen LogP contribution >= 0.6 is 0 Å². The Hall–Kier alpha value is -10.5. The fourth-order valence-corrected chi connectivity index (χ4v) is 24.7. The Labute approximate surface area is 780 Å². The second-order valence-corrected chi connectivity index (χ2v) is 39.7. The molecule has 17 rings (SSSR count). The highest BCUT2D eigenvalue weighted by Gasteiger charge is 2.50. The third kappa shape index (κ3) is 18.0. The molecule has 670 valence electrons. The van der Waals surface area contributed by atoms with Crippen LogP contribution < -0.4 is 0 Å². The summed E-state index contributed by atoms with van der Waals surface area (Å²) in [5, 5.41) is 0. The van der Waals surface area contributed by atoms with Gasteiger partial charge in [-0.15, -0.1) is 0 Å². The topological polar surface area (TPSA) is 68.6 Å². The maximum absolute atomic E-state index is 18.9. The molecule has 0 atom stereocenters. The number of Topliss-reactive ketones (excluding diaryl/α,β-unsaturated/α-hetero) is 1. The molecule has 0 N–H and O–H groups in total. The van der Waals surface area contributed by atoms with Crippen LogP contribution in [0.4, 0.5) is 0 Å². The molecule has 4 aromatic heterocycles. The van der Waals surface area contributed by atoms with Crippen molar-refractivity contribution in [3.8, 4) is 89.0 Å². The minimum Gasteiger partial charge on any atom is -0.289 e. The summed E-state index contributed by atoms with van der Waals surface area (Å²) in [5.74, 6) is 0.135. The average Bonchev–Trinajstić information content (AvgIpc) is 1.55. The van der Waals surface area contributed by atoms with Gasteiger partial charge >= 0.3 is 0 Å². The van der Waals surface area contributed by atoms with Crippen molar-refractivity contribution in [2.75, 3.05) is 0 Å². The number of pyridine rings is 4. The van der Waals surface area contributed by atoms with E-state index in [1.807, 2.05) is 49.6 Å². The van der Waals surface area contributed by atoms with Gasteiger partial charge in [0.2, 0.25) is 0 Å². The fourth-order valence-electron chi connectivity index (χ4n) is 24.7. The van der Waals surface area contributed by atoms with Gasteiger partial charge < -0.3 is 0 Å². The standard InChI is InChI=1S/C125H144N4O/c1-9-17-25-33-65-122(66-34-26-18-10-2)109-81-93(89-57-73-126-74-58-89)41-49-101(109)105-53-45-97(85-113(105)122)117-118(98-46-54-106-102-50-42-94(90-59-75-127-76-60-90)82-110(102)123(114(106)86-98,67-35-27-19-11-3)68-36-28-20-12-4)120(100-48-56-108-104-52-44-96(92-63-79-129-80-64-92)84-112(104)125(116(108)88-100,71-39-31-23-15-7)72-40-32-24-16-8)121(130)119(117)99-47-55-107-103-51-43-95(91-61-77-128-78-62-91)83-111(103)124(115(107)87-99,69-37-29-21-13-5)70-38-30-22-14-6/h41-64,73-88H,9-40,65-72H2,1-8H3. The van der Waals surface area contributed by atoms with Gasteiger partial charge in [0.15, 0.2) is 5.78 Å². The van der Waals surface area contributed by atoms with Gasteiger partial charge in [-0.2, -0.15) is 0 Å². The highest BCUT2D eigenvalue weighted by Crippen LogP contribution is 2.64. The van der Waals surface area contributed by atoms with Crippen LogP contribution in [0.25, 0.3) is 111 Å². The summed E-state index contributed by atoms with van der Waals surface area (Å²) in [6.07, 6.45) is 61.8. The summed E-state index contributed by atoms with van der Waals surface area (Å²) < 4.78 is 0. The lowest BCUT2D eigenvalue weighted by Crippen LogP contribution is -2.26. The van der Waals surface area contributed by atoms with E-state index < -0.39 is 0 Å². The zero-order valence-electron chi connectivity index (χ0n) is 80.1. The predicted molar refractivity (Wildman–Crippen MR) is 552 cm³/mol. The van der Waals surface area contributed by atoms with Gasteiger partial charge in [0.1, 0.15) is 0 Å². The first kappa shape index (κ1) is 91.4. The molecule has 130 heavy (non-hydrogen) atoms. The Morgan fingerprint density at radius 3 is 0.492 bits per heavy atom. The number of hydrogen-bond donors (Lipinski definition) is 0. The molecule has 0 spiro atoms. The van der Waals surface area contributed by atoms with Crippen LogP contribution in [0.2, 0.25) is 0 Å². The van der Waals surface area contributed by atoms with Crippen molar-refractivity contribution in [3.05, 3.63) is 310 Å². The van der Waals surface area contributed by atoms with Crippen LogP contribution in [0.15, 0.2) is 244 Å². The predicted octanol–water partition coefficient (Wildman–Crippen LogP) is 35.9. The molecule has 5 aliphatic carbocycles. The number of fused-ring (bicyclic) bond motifs is 12. The number of hydrogen-bond acceptors (Lipinski definition) is 5. The Morgan fingerprint density at radius 2 is 0.323 bits per heavy atom. The number of aromatic nitrogens is 4. The first-order valence-electron chi connectivity index (χ1n) is 51.9. The second-order valence-electron chi connectivity index (χ2n) is 39.7. The monoisotopic (exact) mass is 1720 g/mol. The Morgan fingerprint density at radius 1 is 0.169 bits per heavy atom. The van der Waals surface area contributed by atoms with E-state index in [0.717, 1.165) is 147 Å². The molecule has 0 aliphatic heterocycles. The summed E-state index contributed by atoms with van der Waals surface area (Å²) >= 11 is 0. The van der Waals surface area contributed by atoms with Gasteiger partial charge in [-0.3, -0.25) is 24.7 Å². The number of ketones is 1. The SMILES string of the molecule is CCCCCCC1(CCCCCC)c2cc(C3=C(c4ccc5c(c4)C(CCCCCC)(CCCCCC)c4cc(-c6ccncc6)ccc4-5)C(c4ccc5c(c4)C(CCCCCC)(CCCCCC)c4cc(-c6ccncc6)ccc4-5)=C(c4ccc5c(c4)C(CCCCCC)(CCCCCC)c4cc(-c6ccncc6)ccc4-5)C3=O)ccc2-c2ccc(-c3ccncc3)cc21. The third-order valence-corrected chi connectivity index (χ3v) is 31.5. The van der Waals surface area contributed by atoms with Crippen LogP contribution in [0.3, 0.4) is 0 Å². The smallest absolute Gasteiger partial charge is 0.195 e. The van der Waals surface area contributed by atoms with Crippen LogP contribution in [-0.4, -0.2) is 25.7 Å². The van der Waals surface area contributed by atoms with Crippen molar-refractivity contribution < 1.29 is 4.79 Å². The normalized spacial score (nSPS) is 14.8. The summed E-state index contributed by atoms with van der Waals surface area (Å²) in [6.45, 7) is 18.9. The molecule has 5 aliphatic rings. The summed E-state index contributed by atoms with van der Waals surface area (Å²) in [5.41, 5.74) is 39.0. The van der Waals surface area contributed by atoms with Crippen molar-refractivity contribution in [1.82, 2.24) is 19.9 Å².